The van der Waals surface area contributed by atoms with Gasteiger partial charge in [0.05, 0.1) is 13.3 Å². The highest BCUT2D eigenvalue weighted by atomic mass is 35.5. The number of aromatic amines is 1. The maximum atomic E-state index is 11.9. The van der Waals surface area contributed by atoms with Gasteiger partial charge in [-0.05, 0) is 35.4 Å². The lowest BCUT2D eigenvalue weighted by molar-refractivity contribution is 0.414. The first-order valence-corrected chi connectivity index (χ1v) is 7.62. The van der Waals surface area contributed by atoms with Gasteiger partial charge in [-0.1, -0.05) is 35.9 Å². The zero-order valence-electron chi connectivity index (χ0n) is 12.9. The monoisotopic (exact) mass is 342 g/mol. The van der Waals surface area contributed by atoms with E-state index in [1.807, 2.05) is 36.4 Å². The average Bonchev–Trinajstić information content (AvgIpc) is 2.95. The highest BCUT2D eigenvalue weighted by Crippen LogP contribution is 2.13. The molecular weight excluding hydrogens is 328 g/mol. The molecule has 0 saturated heterocycles. The largest absolute Gasteiger partial charge is 0.497 e. The van der Waals surface area contributed by atoms with Gasteiger partial charge in [-0.3, -0.25) is 0 Å². The Bertz CT molecular complexity index is 913. The lowest BCUT2D eigenvalue weighted by Crippen LogP contribution is -2.15. The summed E-state index contributed by atoms with van der Waals surface area (Å²) in [5, 5.41) is 11.3. The van der Waals surface area contributed by atoms with E-state index in [0.29, 0.717) is 17.3 Å². The maximum Gasteiger partial charge on any atom is 0.364 e. The summed E-state index contributed by atoms with van der Waals surface area (Å²) in [5.74, 6) is 1.24. The standard InChI is InChI=1S/C17H15ClN4O2/c1-24-15-4-2-3-13(9-15)11-19-22-16(20-21-17(22)23)10-12-5-7-14(18)8-6-12/h2-9,11H,10H2,1H3,(H,21,23)/b19-11+. The first-order valence-electron chi connectivity index (χ1n) is 7.25. The molecule has 24 heavy (non-hydrogen) atoms. The van der Waals surface area contributed by atoms with E-state index in [1.165, 1.54) is 4.68 Å². The van der Waals surface area contributed by atoms with Gasteiger partial charge in [0.25, 0.3) is 0 Å². The summed E-state index contributed by atoms with van der Waals surface area (Å²) in [4.78, 5) is 11.9. The Hall–Kier alpha value is -2.86. The third kappa shape index (κ3) is 3.72. The van der Waals surface area contributed by atoms with Crippen LogP contribution in [0, 0.1) is 0 Å². The minimum atomic E-state index is -0.391. The SMILES string of the molecule is COc1cccc(/C=N/n2c(Cc3ccc(Cl)cc3)n[nH]c2=O)c1. The van der Waals surface area contributed by atoms with E-state index in [0.717, 1.165) is 16.9 Å². The van der Waals surface area contributed by atoms with Gasteiger partial charge in [0.15, 0.2) is 5.82 Å². The highest BCUT2D eigenvalue weighted by molar-refractivity contribution is 6.30. The minimum absolute atomic E-state index is 0.391. The second-order valence-corrected chi connectivity index (χ2v) is 5.52. The Labute approximate surface area is 143 Å². The zero-order valence-corrected chi connectivity index (χ0v) is 13.7. The Morgan fingerprint density at radius 3 is 2.83 bits per heavy atom. The molecule has 0 bridgehead atoms. The number of hydrogen-bond acceptors (Lipinski definition) is 4. The Balaban J connectivity index is 1.85. The molecule has 0 aliphatic heterocycles. The van der Waals surface area contributed by atoms with Crippen LogP contribution in [-0.4, -0.2) is 28.2 Å². The molecule has 1 N–H and O–H groups in total. The van der Waals surface area contributed by atoms with E-state index in [9.17, 15) is 4.79 Å². The van der Waals surface area contributed by atoms with E-state index in [2.05, 4.69) is 15.3 Å². The van der Waals surface area contributed by atoms with Gasteiger partial charge in [-0.25, -0.2) is 9.89 Å². The van der Waals surface area contributed by atoms with Gasteiger partial charge in [0.2, 0.25) is 0 Å². The predicted octanol–water partition coefficient (Wildman–Crippen LogP) is 2.71. The summed E-state index contributed by atoms with van der Waals surface area (Å²) < 4.78 is 6.41. The van der Waals surface area contributed by atoms with Crippen LogP contribution in [0.3, 0.4) is 0 Å². The van der Waals surface area contributed by atoms with Crippen LogP contribution < -0.4 is 10.4 Å². The van der Waals surface area contributed by atoms with Crippen molar-refractivity contribution in [3.05, 3.63) is 81.0 Å². The molecule has 0 aliphatic carbocycles. The molecule has 0 spiro atoms. The number of H-pyrrole nitrogens is 1. The molecule has 0 fully saturated rings. The molecule has 7 heteroatoms. The quantitative estimate of drug-likeness (QED) is 0.724. The molecule has 0 saturated carbocycles. The number of benzene rings is 2. The zero-order chi connectivity index (χ0) is 16.9. The lowest BCUT2D eigenvalue weighted by Gasteiger charge is -2.02. The third-order valence-electron chi connectivity index (χ3n) is 3.41. The van der Waals surface area contributed by atoms with E-state index in [4.69, 9.17) is 16.3 Å². The number of hydrogen-bond donors (Lipinski definition) is 1. The van der Waals surface area contributed by atoms with Crippen molar-refractivity contribution in [1.82, 2.24) is 14.9 Å². The molecule has 0 radical (unpaired) electrons. The van der Waals surface area contributed by atoms with Crippen LogP contribution in [-0.2, 0) is 6.42 Å². The van der Waals surface area contributed by atoms with Crippen molar-refractivity contribution < 1.29 is 4.74 Å². The van der Waals surface area contributed by atoms with Crippen molar-refractivity contribution in [2.24, 2.45) is 5.10 Å². The number of methoxy groups -OCH3 is 1. The lowest BCUT2D eigenvalue weighted by atomic mass is 10.1. The predicted molar refractivity (Wildman–Crippen MR) is 93.1 cm³/mol. The summed E-state index contributed by atoms with van der Waals surface area (Å²) in [7, 11) is 1.60. The van der Waals surface area contributed by atoms with Crippen molar-refractivity contribution in [3.8, 4) is 5.75 Å². The fourth-order valence-electron chi connectivity index (χ4n) is 2.19. The van der Waals surface area contributed by atoms with Crippen LogP contribution in [0.4, 0.5) is 0 Å². The fourth-order valence-corrected chi connectivity index (χ4v) is 2.31. The van der Waals surface area contributed by atoms with Gasteiger partial charge in [0.1, 0.15) is 5.75 Å². The summed E-state index contributed by atoms with van der Waals surface area (Å²) in [6.07, 6.45) is 2.05. The Kier molecular flexibility index (Phi) is 4.77. The molecule has 0 amide bonds. The van der Waals surface area contributed by atoms with Crippen molar-refractivity contribution in [2.75, 3.05) is 7.11 Å². The highest BCUT2D eigenvalue weighted by Gasteiger charge is 2.08. The number of halogens is 1. The first kappa shape index (κ1) is 16.0. The molecule has 3 aromatic rings. The maximum absolute atomic E-state index is 11.9. The van der Waals surface area contributed by atoms with Gasteiger partial charge in [-0.15, -0.1) is 0 Å². The van der Waals surface area contributed by atoms with Crippen LogP contribution in [0.5, 0.6) is 5.75 Å². The van der Waals surface area contributed by atoms with E-state index < -0.39 is 5.69 Å². The molecule has 2 aromatic carbocycles. The second-order valence-electron chi connectivity index (χ2n) is 5.08. The van der Waals surface area contributed by atoms with E-state index >= 15 is 0 Å². The molecule has 0 aliphatic rings. The van der Waals surface area contributed by atoms with E-state index in [-0.39, 0.29) is 0 Å². The van der Waals surface area contributed by atoms with Gasteiger partial charge < -0.3 is 4.74 Å². The fraction of sp³-hybridized carbons (Fsp3) is 0.118. The van der Waals surface area contributed by atoms with Crippen LogP contribution in [0.2, 0.25) is 5.02 Å². The molecule has 122 valence electrons. The molecular formula is C17H15ClN4O2. The number of rotatable bonds is 5. The average molecular weight is 343 g/mol. The summed E-state index contributed by atoms with van der Waals surface area (Å²) >= 11 is 5.88. The van der Waals surface area contributed by atoms with Crippen molar-refractivity contribution in [2.45, 2.75) is 6.42 Å². The van der Waals surface area contributed by atoms with Crippen molar-refractivity contribution >= 4 is 17.8 Å². The van der Waals surface area contributed by atoms with E-state index in [1.54, 1.807) is 25.5 Å². The summed E-state index contributed by atoms with van der Waals surface area (Å²) in [6.45, 7) is 0. The Morgan fingerprint density at radius 1 is 1.29 bits per heavy atom. The Morgan fingerprint density at radius 2 is 2.08 bits per heavy atom. The first-order chi connectivity index (χ1) is 11.7. The topological polar surface area (TPSA) is 72.3 Å². The normalized spacial score (nSPS) is 11.1. The molecule has 6 nitrogen and oxygen atoms in total. The van der Waals surface area contributed by atoms with Crippen LogP contribution in [0.15, 0.2) is 58.4 Å². The molecule has 1 heterocycles. The molecule has 3 rings (SSSR count). The number of aromatic nitrogens is 3. The molecule has 1 aromatic heterocycles. The molecule has 0 atom stereocenters. The summed E-state index contributed by atoms with van der Waals surface area (Å²) in [5.41, 5.74) is 1.41. The van der Waals surface area contributed by atoms with Gasteiger partial charge in [0, 0.05) is 11.4 Å². The smallest absolute Gasteiger partial charge is 0.364 e. The molecule has 0 unspecified atom stereocenters. The number of nitrogens with one attached hydrogen (secondary N) is 1. The third-order valence-corrected chi connectivity index (χ3v) is 3.66. The van der Waals surface area contributed by atoms with Crippen LogP contribution in [0.1, 0.15) is 17.0 Å². The van der Waals surface area contributed by atoms with Gasteiger partial charge in [-0.2, -0.15) is 14.9 Å². The van der Waals surface area contributed by atoms with Gasteiger partial charge >= 0.3 is 5.69 Å². The van der Waals surface area contributed by atoms with Crippen LogP contribution >= 0.6 is 11.6 Å². The number of nitrogens with zero attached hydrogens (tertiary/aromatic N) is 3. The minimum Gasteiger partial charge on any atom is -0.497 e. The second kappa shape index (κ2) is 7.14. The number of ether oxygens (including phenoxy) is 1. The summed E-state index contributed by atoms with van der Waals surface area (Å²) in [6, 6.07) is 14.8. The van der Waals surface area contributed by atoms with Crippen molar-refractivity contribution in [1.29, 1.82) is 0 Å². The van der Waals surface area contributed by atoms with Crippen molar-refractivity contribution in [3.63, 3.8) is 0 Å². The van der Waals surface area contributed by atoms with Crippen LogP contribution in [0.25, 0.3) is 0 Å².